The molecule has 2 heterocycles. The molecule has 0 spiro atoms. The number of aromatic nitrogens is 4. The quantitative estimate of drug-likeness (QED) is 0.811. The Labute approximate surface area is 104 Å². The summed E-state index contributed by atoms with van der Waals surface area (Å²) >= 11 is 0. The van der Waals surface area contributed by atoms with Crippen molar-refractivity contribution in [2.75, 3.05) is 12.4 Å². The van der Waals surface area contributed by atoms with E-state index in [1.807, 2.05) is 6.92 Å². The molecule has 0 unspecified atom stereocenters. The zero-order valence-corrected chi connectivity index (χ0v) is 10.2. The topological polar surface area (TPSA) is 98.7 Å². The number of carbonyl (C=O) groups excluding carboxylic acids is 1. The molecule has 7 heteroatoms. The molecule has 2 rings (SSSR count). The largest absolute Gasteiger partial charge is 0.373 e. The first-order chi connectivity index (χ1) is 8.67. The van der Waals surface area contributed by atoms with Gasteiger partial charge in [0, 0.05) is 18.8 Å². The normalized spacial score (nSPS) is 10.3. The van der Waals surface area contributed by atoms with Crippen LogP contribution in [0, 0.1) is 0 Å². The molecule has 0 saturated carbocycles. The van der Waals surface area contributed by atoms with Crippen LogP contribution >= 0.6 is 0 Å². The highest BCUT2D eigenvalue weighted by molar-refractivity contribution is 5.92. The van der Waals surface area contributed by atoms with Crippen LogP contribution in [0.25, 0.3) is 5.82 Å². The molecule has 0 aliphatic carbocycles. The number of amides is 1. The van der Waals surface area contributed by atoms with Crippen molar-refractivity contribution < 1.29 is 4.79 Å². The fourth-order valence-corrected chi connectivity index (χ4v) is 1.71. The predicted molar refractivity (Wildman–Crippen MR) is 66.6 cm³/mol. The second-order valence-corrected chi connectivity index (χ2v) is 3.67. The average molecular weight is 246 g/mol. The average Bonchev–Trinajstić information content (AvgIpc) is 2.87. The molecule has 2 aromatic rings. The van der Waals surface area contributed by atoms with Crippen LogP contribution in [0.15, 0.2) is 18.7 Å². The number of anilines is 1. The van der Waals surface area contributed by atoms with Crippen molar-refractivity contribution in [2.45, 2.75) is 13.3 Å². The molecule has 7 nitrogen and oxygen atoms in total. The highest BCUT2D eigenvalue weighted by Crippen LogP contribution is 2.18. The summed E-state index contributed by atoms with van der Waals surface area (Å²) in [6, 6.07) is 0. The van der Waals surface area contributed by atoms with Crippen molar-refractivity contribution in [3.63, 3.8) is 0 Å². The van der Waals surface area contributed by atoms with Gasteiger partial charge in [-0.05, 0) is 6.42 Å². The first-order valence-corrected chi connectivity index (χ1v) is 5.53. The van der Waals surface area contributed by atoms with Crippen molar-refractivity contribution in [2.24, 2.45) is 5.73 Å². The Morgan fingerprint density at radius 2 is 2.28 bits per heavy atom. The Morgan fingerprint density at radius 1 is 1.50 bits per heavy atom. The minimum Gasteiger partial charge on any atom is -0.373 e. The lowest BCUT2D eigenvalue weighted by Gasteiger charge is -2.10. The summed E-state index contributed by atoms with van der Waals surface area (Å²) in [6.07, 6.45) is 5.18. The smallest absolute Gasteiger partial charge is 0.251 e. The Balaban J connectivity index is 2.52. The Morgan fingerprint density at radius 3 is 2.83 bits per heavy atom. The van der Waals surface area contributed by atoms with Crippen LogP contribution in [0.1, 0.15) is 22.8 Å². The van der Waals surface area contributed by atoms with Crippen LogP contribution in [0.5, 0.6) is 0 Å². The number of nitrogens with two attached hydrogens (primary N) is 1. The summed E-state index contributed by atoms with van der Waals surface area (Å²) in [4.78, 5) is 19.4. The van der Waals surface area contributed by atoms with Crippen molar-refractivity contribution in [1.82, 2.24) is 19.7 Å². The van der Waals surface area contributed by atoms with E-state index in [0.29, 0.717) is 11.4 Å². The fraction of sp³-hybridized carbons (Fsp3) is 0.273. The SMILES string of the molecule is CCc1c(NC)ncnc1-n1cc(C(N)=O)cn1. The Kier molecular flexibility index (Phi) is 3.22. The van der Waals surface area contributed by atoms with Crippen LogP contribution in [0.3, 0.4) is 0 Å². The molecule has 0 atom stereocenters. The molecule has 0 radical (unpaired) electrons. The second kappa shape index (κ2) is 4.82. The van der Waals surface area contributed by atoms with E-state index in [1.54, 1.807) is 13.2 Å². The zero-order valence-electron chi connectivity index (χ0n) is 10.2. The van der Waals surface area contributed by atoms with Gasteiger partial charge in [-0.25, -0.2) is 14.6 Å². The highest BCUT2D eigenvalue weighted by atomic mass is 16.1. The molecule has 0 saturated heterocycles. The van der Waals surface area contributed by atoms with Crippen molar-refractivity contribution in [3.8, 4) is 5.82 Å². The molecule has 0 aliphatic rings. The lowest BCUT2D eigenvalue weighted by atomic mass is 10.2. The third-order valence-corrected chi connectivity index (χ3v) is 2.60. The van der Waals surface area contributed by atoms with Gasteiger partial charge in [0.2, 0.25) is 0 Å². The maximum atomic E-state index is 11.0. The van der Waals surface area contributed by atoms with Gasteiger partial charge >= 0.3 is 0 Å². The molecule has 3 N–H and O–H groups in total. The van der Waals surface area contributed by atoms with Gasteiger partial charge in [0.1, 0.15) is 12.1 Å². The van der Waals surface area contributed by atoms with Gasteiger partial charge in [0.05, 0.1) is 11.8 Å². The number of rotatable bonds is 4. The van der Waals surface area contributed by atoms with E-state index >= 15 is 0 Å². The van der Waals surface area contributed by atoms with Crippen molar-refractivity contribution >= 4 is 11.7 Å². The molecule has 18 heavy (non-hydrogen) atoms. The summed E-state index contributed by atoms with van der Waals surface area (Å²) in [7, 11) is 1.79. The Hall–Kier alpha value is -2.44. The predicted octanol–water partition coefficient (Wildman–Crippen LogP) is 0.365. The molecular weight excluding hydrogens is 232 g/mol. The summed E-state index contributed by atoms with van der Waals surface area (Å²) in [6.45, 7) is 2.00. The number of hydrogen-bond acceptors (Lipinski definition) is 5. The van der Waals surface area contributed by atoms with Crippen LogP contribution in [0.4, 0.5) is 5.82 Å². The molecule has 1 amide bonds. The van der Waals surface area contributed by atoms with Crippen molar-refractivity contribution in [1.29, 1.82) is 0 Å². The lowest BCUT2D eigenvalue weighted by Crippen LogP contribution is -2.10. The third-order valence-electron chi connectivity index (χ3n) is 2.60. The summed E-state index contributed by atoms with van der Waals surface area (Å²) in [5.41, 5.74) is 6.47. The number of nitrogens with zero attached hydrogens (tertiary/aromatic N) is 4. The molecular formula is C11H14N6O. The van der Waals surface area contributed by atoms with Gasteiger partial charge in [-0.15, -0.1) is 0 Å². The van der Waals surface area contributed by atoms with Gasteiger partial charge in [-0.1, -0.05) is 6.92 Å². The van der Waals surface area contributed by atoms with E-state index in [-0.39, 0.29) is 0 Å². The second-order valence-electron chi connectivity index (χ2n) is 3.67. The van der Waals surface area contributed by atoms with Crippen LogP contribution < -0.4 is 11.1 Å². The molecule has 94 valence electrons. The monoisotopic (exact) mass is 246 g/mol. The standard InChI is InChI=1S/C11H14N6O/c1-3-8-10(13-2)14-6-15-11(8)17-5-7(4-16-17)9(12)18/h4-6H,3H2,1-2H3,(H2,12,18)(H,13,14,15). The first kappa shape index (κ1) is 12.0. The lowest BCUT2D eigenvalue weighted by molar-refractivity contribution is 0.100. The van der Waals surface area contributed by atoms with E-state index in [2.05, 4.69) is 20.4 Å². The summed E-state index contributed by atoms with van der Waals surface area (Å²) in [5.74, 6) is 0.880. The van der Waals surface area contributed by atoms with Crippen LogP contribution in [0.2, 0.25) is 0 Å². The molecule has 0 aliphatic heterocycles. The highest BCUT2D eigenvalue weighted by Gasteiger charge is 2.12. The van der Waals surface area contributed by atoms with E-state index in [4.69, 9.17) is 5.73 Å². The van der Waals surface area contributed by atoms with E-state index in [0.717, 1.165) is 17.8 Å². The fourth-order valence-electron chi connectivity index (χ4n) is 1.71. The summed E-state index contributed by atoms with van der Waals surface area (Å²) in [5, 5.41) is 7.09. The maximum Gasteiger partial charge on any atom is 0.251 e. The minimum absolute atomic E-state index is 0.349. The van der Waals surface area contributed by atoms with Gasteiger partial charge in [-0.2, -0.15) is 5.10 Å². The number of nitrogens with one attached hydrogen (secondary N) is 1. The Bertz CT molecular complexity index is 577. The first-order valence-electron chi connectivity index (χ1n) is 5.53. The third kappa shape index (κ3) is 2.02. The van der Waals surface area contributed by atoms with Crippen molar-refractivity contribution in [3.05, 3.63) is 29.8 Å². The van der Waals surface area contributed by atoms with Gasteiger partial charge < -0.3 is 11.1 Å². The van der Waals surface area contributed by atoms with E-state index in [1.165, 1.54) is 17.2 Å². The molecule has 2 aromatic heterocycles. The van der Waals surface area contributed by atoms with Gasteiger partial charge in [-0.3, -0.25) is 4.79 Å². The van der Waals surface area contributed by atoms with E-state index in [9.17, 15) is 4.79 Å². The van der Waals surface area contributed by atoms with Crippen LogP contribution in [-0.2, 0) is 6.42 Å². The number of carbonyl (C=O) groups is 1. The number of primary amides is 1. The number of hydrogen-bond donors (Lipinski definition) is 2. The maximum absolute atomic E-state index is 11.0. The molecule has 0 bridgehead atoms. The van der Waals surface area contributed by atoms with Gasteiger partial charge in [0.15, 0.2) is 5.82 Å². The van der Waals surface area contributed by atoms with Gasteiger partial charge in [0.25, 0.3) is 5.91 Å². The van der Waals surface area contributed by atoms with Crippen LogP contribution in [-0.4, -0.2) is 32.7 Å². The van der Waals surface area contributed by atoms with E-state index < -0.39 is 5.91 Å². The molecule has 0 fully saturated rings. The zero-order chi connectivity index (χ0) is 13.1. The summed E-state index contributed by atoms with van der Waals surface area (Å²) < 4.78 is 1.53. The minimum atomic E-state index is -0.512. The molecule has 0 aromatic carbocycles.